The van der Waals surface area contributed by atoms with Gasteiger partial charge in [-0.1, -0.05) is 70.8 Å². The Hall–Kier alpha value is 0.180. The number of hydrogen-bond donors (Lipinski definition) is 0. The molecule has 0 spiro atoms. The average Bonchev–Trinajstić information content (AvgIpc) is 2.15. The highest BCUT2D eigenvalue weighted by Gasteiger charge is 2.14. The van der Waals surface area contributed by atoms with Crippen LogP contribution in [0.15, 0.2) is 18.2 Å². The van der Waals surface area contributed by atoms with Gasteiger partial charge in [0.1, 0.15) is 0 Å². The predicted octanol–water partition coefficient (Wildman–Crippen LogP) is 4.77. The zero-order valence-electron chi connectivity index (χ0n) is 8.90. The van der Waals surface area contributed by atoms with Crippen LogP contribution in [0.25, 0.3) is 0 Å². The van der Waals surface area contributed by atoms with Crippen molar-refractivity contribution in [1.29, 1.82) is 0 Å². The van der Waals surface area contributed by atoms with Crippen molar-refractivity contribution in [3.05, 3.63) is 34.9 Å². The molecule has 0 saturated carbocycles. The molecule has 14 heavy (non-hydrogen) atoms. The van der Waals surface area contributed by atoms with Gasteiger partial charge in [0.15, 0.2) is 0 Å². The molecule has 0 aromatic heterocycles. The molecule has 1 aromatic carbocycles. The van der Waals surface area contributed by atoms with Gasteiger partial charge in [0.05, 0.1) is 0 Å². The Balaban J connectivity index is 3.14. The molecule has 1 aromatic rings. The second-order valence-corrected chi connectivity index (χ2v) is 5.62. The van der Waals surface area contributed by atoms with Gasteiger partial charge in [-0.2, -0.15) is 0 Å². The lowest BCUT2D eigenvalue weighted by atomic mass is 9.85. The van der Waals surface area contributed by atoms with Crippen molar-refractivity contribution in [2.75, 3.05) is 0 Å². The highest BCUT2D eigenvalue weighted by atomic mass is 79.9. The molecule has 0 saturated heterocycles. The molecule has 0 aliphatic rings. The predicted molar refractivity (Wildman–Crippen MR) is 70.4 cm³/mol. The maximum atomic E-state index is 3.53. The Labute approximate surface area is 103 Å². The van der Waals surface area contributed by atoms with Crippen LogP contribution < -0.4 is 0 Å². The van der Waals surface area contributed by atoms with Crippen LogP contribution in [0.1, 0.15) is 37.5 Å². The first-order valence-corrected chi connectivity index (χ1v) is 6.97. The van der Waals surface area contributed by atoms with Gasteiger partial charge in [-0.05, 0) is 22.1 Å². The van der Waals surface area contributed by atoms with E-state index in [1.54, 1.807) is 0 Å². The Morgan fingerprint density at radius 1 is 1.00 bits per heavy atom. The standard InChI is InChI=1S/C12H16Br2/c1-12(2,3)11-5-4-9(7-13)10(6-11)8-14/h4-6H,7-8H2,1-3H3. The Bertz CT molecular complexity index is 311. The van der Waals surface area contributed by atoms with Crippen molar-refractivity contribution < 1.29 is 0 Å². The van der Waals surface area contributed by atoms with Gasteiger partial charge in [-0.15, -0.1) is 0 Å². The summed E-state index contributed by atoms with van der Waals surface area (Å²) in [6.45, 7) is 6.73. The highest BCUT2D eigenvalue weighted by Crippen LogP contribution is 2.26. The number of rotatable bonds is 2. The number of hydrogen-bond acceptors (Lipinski definition) is 0. The second kappa shape index (κ2) is 4.80. The van der Waals surface area contributed by atoms with E-state index in [0.29, 0.717) is 0 Å². The summed E-state index contributed by atoms with van der Waals surface area (Å²) < 4.78 is 0. The maximum Gasteiger partial charge on any atom is 0.0286 e. The van der Waals surface area contributed by atoms with E-state index >= 15 is 0 Å². The monoisotopic (exact) mass is 318 g/mol. The van der Waals surface area contributed by atoms with Gasteiger partial charge in [0, 0.05) is 10.7 Å². The summed E-state index contributed by atoms with van der Waals surface area (Å²) in [6, 6.07) is 6.74. The molecule has 0 aliphatic carbocycles. The van der Waals surface area contributed by atoms with E-state index < -0.39 is 0 Å². The Morgan fingerprint density at radius 2 is 1.57 bits per heavy atom. The largest absolute Gasteiger partial charge is 0.0876 e. The molecule has 0 atom stereocenters. The SMILES string of the molecule is CC(C)(C)c1ccc(CBr)c(CBr)c1. The number of halogens is 2. The first-order valence-electron chi connectivity index (χ1n) is 4.73. The van der Waals surface area contributed by atoms with Crippen molar-refractivity contribution in [3.63, 3.8) is 0 Å². The smallest absolute Gasteiger partial charge is 0.0286 e. The van der Waals surface area contributed by atoms with E-state index in [4.69, 9.17) is 0 Å². The van der Waals surface area contributed by atoms with Crippen LogP contribution in [0.2, 0.25) is 0 Å². The summed E-state index contributed by atoms with van der Waals surface area (Å²) in [5.74, 6) is 0. The van der Waals surface area contributed by atoms with Gasteiger partial charge in [0.2, 0.25) is 0 Å². The molecule has 0 unspecified atom stereocenters. The summed E-state index contributed by atoms with van der Waals surface area (Å²) in [7, 11) is 0. The molecular formula is C12H16Br2. The van der Waals surface area contributed by atoms with Crippen molar-refractivity contribution in [1.82, 2.24) is 0 Å². The molecule has 0 heterocycles. The maximum absolute atomic E-state index is 3.53. The summed E-state index contributed by atoms with van der Waals surface area (Å²) in [4.78, 5) is 0. The lowest BCUT2D eigenvalue weighted by Gasteiger charge is -2.20. The molecule has 0 nitrogen and oxygen atoms in total. The minimum Gasteiger partial charge on any atom is -0.0876 e. The molecule has 0 amide bonds. The van der Waals surface area contributed by atoms with Gasteiger partial charge in [-0.25, -0.2) is 0 Å². The fourth-order valence-corrected chi connectivity index (χ4v) is 2.42. The quantitative estimate of drug-likeness (QED) is 0.688. The van der Waals surface area contributed by atoms with E-state index in [0.717, 1.165) is 10.7 Å². The molecule has 0 N–H and O–H groups in total. The minimum absolute atomic E-state index is 0.238. The molecule has 0 fully saturated rings. The van der Waals surface area contributed by atoms with E-state index in [1.165, 1.54) is 16.7 Å². The van der Waals surface area contributed by atoms with Crippen molar-refractivity contribution >= 4 is 31.9 Å². The van der Waals surface area contributed by atoms with Crippen LogP contribution in [-0.4, -0.2) is 0 Å². The lowest BCUT2D eigenvalue weighted by molar-refractivity contribution is 0.589. The summed E-state index contributed by atoms with van der Waals surface area (Å²) in [5.41, 5.74) is 4.39. The zero-order chi connectivity index (χ0) is 10.8. The molecule has 0 radical (unpaired) electrons. The first-order chi connectivity index (χ1) is 6.49. The molecule has 78 valence electrons. The zero-order valence-corrected chi connectivity index (χ0v) is 12.1. The minimum atomic E-state index is 0.238. The number of benzene rings is 1. The van der Waals surface area contributed by atoms with Crippen LogP contribution in [0.5, 0.6) is 0 Å². The Kier molecular flexibility index (Phi) is 4.20. The van der Waals surface area contributed by atoms with Gasteiger partial charge in [-0.3, -0.25) is 0 Å². The van der Waals surface area contributed by atoms with Gasteiger partial charge < -0.3 is 0 Å². The van der Waals surface area contributed by atoms with E-state index in [2.05, 4.69) is 70.8 Å². The third kappa shape index (κ3) is 2.83. The lowest BCUT2D eigenvalue weighted by Crippen LogP contribution is -2.11. The van der Waals surface area contributed by atoms with Crippen LogP contribution in [0, 0.1) is 0 Å². The van der Waals surface area contributed by atoms with Gasteiger partial charge >= 0.3 is 0 Å². The van der Waals surface area contributed by atoms with Crippen LogP contribution in [-0.2, 0) is 16.1 Å². The summed E-state index contributed by atoms with van der Waals surface area (Å²) in [5, 5.41) is 1.86. The fraction of sp³-hybridized carbons (Fsp3) is 0.500. The van der Waals surface area contributed by atoms with Crippen molar-refractivity contribution in [2.45, 2.75) is 36.8 Å². The topological polar surface area (TPSA) is 0 Å². The van der Waals surface area contributed by atoms with Crippen molar-refractivity contribution in [2.24, 2.45) is 0 Å². The highest BCUT2D eigenvalue weighted by molar-refractivity contribution is 9.09. The molecule has 2 heteroatoms. The number of alkyl halides is 2. The summed E-state index contributed by atoms with van der Waals surface area (Å²) in [6.07, 6.45) is 0. The molecular weight excluding hydrogens is 304 g/mol. The first kappa shape index (κ1) is 12.3. The second-order valence-electron chi connectivity index (χ2n) is 4.50. The third-order valence-electron chi connectivity index (χ3n) is 2.36. The average molecular weight is 320 g/mol. The van der Waals surface area contributed by atoms with Gasteiger partial charge in [0.25, 0.3) is 0 Å². The van der Waals surface area contributed by atoms with E-state index in [9.17, 15) is 0 Å². The normalized spacial score (nSPS) is 11.8. The van der Waals surface area contributed by atoms with E-state index in [-0.39, 0.29) is 5.41 Å². The Morgan fingerprint density at radius 3 is 2.00 bits per heavy atom. The van der Waals surface area contributed by atoms with Crippen LogP contribution >= 0.6 is 31.9 Å². The van der Waals surface area contributed by atoms with E-state index in [1.807, 2.05) is 0 Å². The fourth-order valence-electron chi connectivity index (χ4n) is 1.35. The third-order valence-corrected chi connectivity index (χ3v) is 3.57. The van der Waals surface area contributed by atoms with Crippen LogP contribution in [0.3, 0.4) is 0 Å². The molecule has 1 rings (SSSR count). The van der Waals surface area contributed by atoms with Crippen LogP contribution in [0.4, 0.5) is 0 Å². The summed E-state index contributed by atoms with van der Waals surface area (Å²) >= 11 is 7.03. The molecule has 0 aliphatic heterocycles. The molecule has 0 bridgehead atoms. The van der Waals surface area contributed by atoms with Crippen molar-refractivity contribution in [3.8, 4) is 0 Å².